The van der Waals surface area contributed by atoms with Crippen molar-refractivity contribution < 1.29 is 0 Å². The molecular formula is C20H40N2. The molecule has 0 aromatic heterocycles. The summed E-state index contributed by atoms with van der Waals surface area (Å²) in [4.78, 5) is 4.85. The average molecular weight is 309 g/mol. The smallest absolute Gasteiger partial charge is 0.00155 e. The molecule has 2 rings (SSSR count). The molecular weight excluding hydrogens is 268 g/mol. The third-order valence-corrected chi connectivity index (χ3v) is 4.77. The maximum absolute atomic E-state index is 2.43. The number of allylic oxidation sites excluding steroid dienone is 2. The molecule has 0 amide bonds. The molecule has 2 saturated heterocycles. The second-order valence-electron chi connectivity index (χ2n) is 6.56. The van der Waals surface area contributed by atoms with Crippen molar-refractivity contribution in [3.8, 4) is 0 Å². The summed E-state index contributed by atoms with van der Waals surface area (Å²) in [5.74, 6) is 0. The fourth-order valence-electron chi connectivity index (χ4n) is 3.03. The van der Waals surface area contributed by atoms with E-state index in [1.54, 1.807) is 11.1 Å². The molecule has 0 bridgehead atoms. The lowest BCUT2D eigenvalue weighted by Crippen LogP contribution is -2.22. The first-order chi connectivity index (χ1) is 10.2. The quantitative estimate of drug-likeness (QED) is 0.573. The molecule has 0 aromatic carbocycles. The van der Waals surface area contributed by atoms with Gasteiger partial charge in [0, 0.05) is 13.1 Å². The van der Waals surface area contributed by atoms with Gasteiger partial charge >= 0.3 is 0 Å². The zero-order valence-electron chi connectivity index (χ0n) is 14.8. The molecule has 0 N–H and O–H groups in total. The maximum Gasteiger partial charge on any atom is 0.00155 e. The molecule has 22 heavy (non-hydrogen) atoms. The van der Waals surface area contributed by atoms with Crippen molar-refractivity contribution in [2.45, 2.75) is 66.2 Å². The normalized spacial score (nSPS) is 25.5. The summed E-state index contributed by atoms with van der Waals surface area (Å²) in [5, 5.41) is 0. The summed E-state index contributed by atoms with van der Waals surface area (Å²) < 4.78 is 0. The van der Waals surface area contributed by atoms with Gasteiger partial charge < -0.3 is 9.80 Å². The van der Waals surface area contributed by atoms with E-state index in [4.69, 9.17) is 0 Å². The van der Waals surface area contributed by atoms with Crippen LogP contribution >= 0.6 is 0 Å². The summed E-state index contributed by atoms with van der Waals surface area (Å²) in [5.41, 5.74) is 3.29. The van der Waals surface area contributed by atoms with E-state index in [1.807, 2.05) is 0 Å². The van der Waals surface area contributed by atoms with Crippen molar-refractivity contribution in [3.63, 3.8) is 0 Å². The van der Waals surface area contributed by atoms with Gasteiger partial charge in [0.05, 0.1) is 0 Å². The van der Waals surface area contributed by atoms with Crippen LogP contribution in [0.15, 0.2) is 23.3 Å². The Bertz CT molecular complexity index is 331. The number of likely N-dealkylation sites (tertiary alicyclic amines) is 2. The molecule has 2 heterocycles. The summed E-state index contributed by atoms with van der Waals surface area (Å²) in [6, 6.07) is 0. The van der Waals surface area contributed by atoms with E-state index in [-0.39, 0.29) is 7.43 Å². The second-order valence-corrected chi connectivity index (χ2v) is 6.56. The van der Waals surface area contributed by atoms with Gasteiger partial charge in [-0.2, -0.15) is 0 Å². The van der Waals surface area contributed by atoms with E-state index < -0.39 is 0 Å². The van der Waals surface area contributed by atoms with Gasteiger partial charge in [-0.25, -0.2) is 0 Å². The predicted octanol–water partition coefficient (Wildman–Crippen LogP) is 5.12. The highest BCUT2D eigenvalue weighted by atomic mass is 15.1. The maximum atomic E-state index is 2.43. The fourth-order valence-corrected chi connectivity index (χ4v) is 3.03. The molecule has 0 saturated carbocycles. The van der Waals surface area contributed by atoms with E-state index in [0.717, 1.165) is 0 Å². The summed E-state index contributed by atoms with van der Waals surface area (Å²) in [6.07, 6.45) is 13.9. The Kier molecular flexibility index (Phi) is 12.5. The van der Waals surface area contributed by atoms with Gasteiger partial charge in [0.1, 0.15) is 0 Å². The molecule has 0 aromatic rings. The Labute approximate surface area is 140 Å². The first kappa shape index (κ1) is 21.4. The van der Waals surface area contributed by atoms with Gasteiger partial charge in [-0.15, -0.1) is 0 Å². The zero-order chi connectivity index (χ0) is 15.5. The van der Waals surface area contributed by atoms with Gasteiger partial charge in [0.25, 0.3) is 0 Å². The lowest BCUT2D eigenvalue weighted by atomic mass is 10.0. The SMILES string of the molecule is C.CC=C1CCCCN(C)CC1.CC=C1CCCN(C)CC1. The van der Waals surface area contributed by atoms with Crippen molar-refractivity contribution in [3.05, 3.63) is 23.3 Å². The summed E-state index contributed by atoms with van der Waals surface area (Å²) in [6.45, 7) is 9.38. The number of hydrogen-bond acceptors (Lipinski definition) is 2. The molecule has 2 fully saturated rings. The predicted molar refractivity (Wildman–Crippen MR) is 102 cm³/mol. The molecule has 0 aliphatic carbocycles. The minimum absolute atomic E-state index is 0. The number of hydrogen-bond donors (Lipinski definition) is 0. The highest BCUT2D eigenvalue weighted by Crippen LogP contribution is 2.15. The van der Waals surface area contributed by atoms with Gasteiger partial charge in [-0.1, -0.05) is 30.7 Å². The Balaban J connectivity index is 0.000000385. The van der Waals surface area contributed by atoms with Gasteiger partial charge in [0.15, 0.2) is 0 Å². The minimum Gasteiger partial charge on any atom is -0.306 e. The van der Waals surface area contributed by atoms with Gasteiger partial charge in [-0.05, 0) is 86.0 Å². The van der Waals surface area contributed by atoms with Gasteiger partial charge in [-0.3, -0.25) is 0 Å². The first-order valence-electron chi connectivity index (χ1n) is 8.81. The highest BCUT2D eigenvalue weighted by molar-refractivity contribution is 5.02. The molecule has 0 spiro atoms. The van der Waals surface area contributed by atoms with Crippen LogP contribution in [-0.2, 0) is 0 Å². The summed E-state index contributed by atoms with van der Waals surface area (Å²) >= 11 is 0. The van der Waals surface area contributed by atoms with Crippen LogP contribution in [0, 0.1) is 0 Å². The Morgan fingerprint density at radius 1 is 0.636 bits per heavy atom. The van der Waals surface area contributed by atoms with Crippen molar-refractivity contribution >= 4 is 0 Å². The van der Waals surface area contributed by atoms with Crippen molar-refractivity contribution in [2.24, 2.45) is 0 Å². The molecule has 2 aliphatic heterocycles. The molecule has 0 unspecified atom stereocenters. The molecule has 0 radical (unpaired) electrons. The van der Waals surface area contributed by atoms with Crippen molar-refractivity contribution in [1.82, 2.24) is 9.80 Å². The van der Waals surface area contributed by atoms with Crippen LogP contribution in [0.2, 0.25) is 0 Å². The van der Waals surface area contributed by atoms with Crippen LogP contribution in [-0.4, -0.2) is 50.1 Å². The number of rotatable bonds is 0. The van der Waals surface area contributed by atoms with E-state index in [9.17, 15) is 0 Å². The minimum atomic E-state index is 0. The fraction of sp³-hybridized carbons (Fsp3) is 0.800. The zero-order valence-corrected chi connectivity index (χ0v) is 14.8. The first-order valence-corrected chi connectivity index (χ1v) is 8.81. The molecule has 2 aliphatic rings. The van der Waals surface area contributed by atoms with Crippen LogP contribution in [0.25, 0.3) is 0 Å². The lowest BCUT2D eigenvalue weighted by molar-refractivity contribution is 0.317. The van der Waals surface area contributed by atoms with Crippen molar-refractivity contribution in [1.29, 1.82) is 0 Å². The van der Waals surface area contributed by atoms with Crippen LogP contribution in [0.1, 0.15) is 66.2 Å². The number of nitrogens with zero attached hydrogens (tertiary/aromatic N) is 2. The van der Waals surface area contributed by atoms with E-state index in [1.165, 1.54) is 71.1 Å². The second kappa shape index (κ2) is 12.9. The third-order valence-electron chi connectivity index (χ3n) is 4.77. The van der Waals surface area contributed by atoms with Gasteiger partial charge in [0.2, 0.25) is 0 Å². The van der Waals surface area contributed by atoms with E-state index in [2.05, 4.69) is 49.9 Å². The molecule has 130 valence electrons. The third kappa shape index (κ3) is 9.42. The molecule has 0 atom stereocenters. The average Bonchev–Trinajstić information content (AvgIpc) is 2.69. The molecule has 2 heteroatoms. The Morgan fingerprint density at radius 3 is 1.59 bits per heavy atom. The van der Waals surface area contributed by atoms with E-state index in [0.29, 0.717) is 0 Å². The Morgan fingerprint density at radius 2 is 1.09 bits per heavy atom. The lowest BCUT2D eigenvalue weighted by Gasteiger charge is -2.20. The molecule has 2 nitrogen and oxygen atoms in total. The van der Waals surface area contributed by atoms with Crippen LogP contribution < -0.4 is 0 Å². The van der Waals surface area contributed by atoms with E-state index >= 15 is 0 Å². The largest absolute Gasteiger partial charge is 0.306 e. The topological polar surface area (TPSA) is 6.48 Å². The Hall–Kier alpha value is -0.600. The highest BCUT2D eigenvalue weighted by Gasteiger charge is 2.06. The van der Waals surface area contributed by atoms with Crippen LogP contribution in [0.4, 0.5) is 0 Å². The standard InChI is InChI=1S/C10H19N.C9H17N.CH4/c1-3-10-6-4-5-8-11(2)9-7-10;1-3-9-5-4-7-10(2)8-6-9;/h3H,4-9H2,1-2H3;3H,4-8H2,1-2H3;1H4. The van der Waals surface area contributed by atoms with Crippen LogP contribution in [0.3, 0.4) is 0 Å². The van der Waals surface area contributed by atoms with Crippen molar-refractivity contribution in [2.75, 3.05) is 40.3 Å². The van der Waals surface area contributed by atoms with Crippen LogP contribution in [0.5, 0.6) is 0 Å². The monoisotopic (exact) mass is 308 g/mol. The summed E-state index contributed by atoms with van der Waals surface area (Å²) in [7, 11) is 4.43.